The number of carbonyl (C=O) groups is 2. The van der Waals surface area contributed by atoms with Crippen LogP contribution in [0.4, 0.5) is 4.79 Å². The lowest BCUT2D eigenvalue weighted by Crippen LogP contribution is -2.48. The Kier molecular flexibility index (Phi) is 6.35. The quantitative estimate of drug-likeness (QED) is 0.652. The van der Waals surface area contributed by atoms with Gasteiger partial charge in [0, 0.05) is 18.3 Å². The predicted molar refractivity (Wildman–Crippen MR) is 84.5 cm³/mol. The molecule has 8 heteroatoms. The standard InChI is InChI=1S/C16H17N5O3/c17-6-7-19-15(22)14(8-13-9-18-11-20-13)21-16(23)24-10-12-4-2-1-3-5-12/h1-5,9,11,14H,7-8,10H2,(H,18,20)(H,19,22)(H,21,23)/t14-/m0/s1. The van der Waals surface area contributed by atoms with Crippen LogP contribution in [0.1, 0.15) is 11.3 Å². The smallest absolute Gasteiger partial charge is 0.408 e. The molecule has 8 nitrogen and oxygen atoms in total. The number of H-pyrrole nitrogens is 1. The molecule has 124 valence electrons. The maximum absolute atomic E-state index is 12.1. The molecule has 0 unspecified atom stereocenters. The van der Waals surface area contributed by atoms with Crippen molar-refractivity contribution in [2.24, 2.45) is 0 Å². The Morgan fingerprint density at radius 1 is 1.33 bits per heavy atom. The van der Waals surface area contributed by atoms with E-state index in [0.717, 1.165) is 5.56 Å². The van der Waals surface area contributed by atoms with Gasteiger partial charge in [0.1, 0.15) is 19.2 Å². The van der Waals surface area contributed by atoms with Gasteiger partial charge in [-0.25, -0.2) is 9.78 Å². The van der Waals surface area contributed by atoms with Crippen LogP contribution in [0.2, 0.25) is 0 Å². The molecule has 0 saturated heterocycles. The molecule has 0 saturated carbocycles. The van der Waals surface area contributed by atoms with Crippen molar-refractivity contribution in [1.29, 1.82) is 5.26 Å². The molecule has 24 heavy (non-hydrogen) atoms. The van der Waals surface area contributed by atoms with Gasteiger partial charge < -0.3 is 20.4 Å². The van der Waals surface area contributed by atoms with Crippen LogP contribution in [-0.2, 0) is 22.6 Å². The molecule has 0 spiro atoms. The molecular weight excluding hydrogens is 310 g/mol. The Hall–Kier alpha value is -3.34. The zero-order valence-corrected chi connectivity index (χ0v) is 12.9. The van der Waals surface area contributed by atoms with Gasteiger partial charge in [0.05, 0.1) is 12.4 Å². The van der Waals surface area contributed by atoms with E-state index in [-0.39, 0.29) is 19.6 Å². The Labute approximate surface area is 138 Å². The largest absolute Gasteiger partial charge is 0.445 e. The fraction of sp³-hybridized carbons (Fsp3) is 0.250. The van der Waals surface area contributed by atoms with Crippen LogP contribution < -0.4 is 10.6 Å². The number of hydrogen-bond donors (Lipinski definition) is 3. The number of nitrogens with one attached hydrogen (secondary N) is 3. The minimum Gasteiger partial charge on any atom is -0.445 e. The average Bonchev–Trinajstić information content (AvgIpc) is 3.11. The van der Waals surface area contributed by atoms with Gasteiger partial charge in [-0.05, 0) is 5.56 Å². The van der Waals surface area contributed by atoms with Crippen LogP contribution >= 0.6 is 0 Å². The van der Waals surface area contributed by atoms with Crippen LogP contribution in [0.15, 0.2) is 42.9 Å². The zero-order valence-electron chi connectivity index (χ0n) is 12.9. The number of aromatic nitrogens is 2. The van der Waals surface area contributed by atoms with Gasteiger partial charge in [0.2, 0.25) is 5.91 Å². The van der Waals surface area contributed by atoms with E-state index in [9.17, 15) is 9.59 Å². The third-order valence-corrected chi connectivity index (χ3v) is 3.14. The monoisotopic (exact) mass is 327 g/mol. The fourth-order valence-electron chi connectivity index (χ4n) is 1.98. The van der Waals surface area contributed by atoms with Crippen molar-refractivity contribution < 1.29 is 14.3 Å². The summed E-state index contributed by atoms with van der Waals surface area (Å²) >= 11 is 0. The number of nitrogens with zero attached hydrogens (tertiary/aromatic N) is 2. The summed E-state index contributed by atoms with van der Waals surface area (Å²) in [6.07, 6.45) is 2.53. The van der Waals surface area contributed by atoms with Gasteiger partial charge in [-0.15, -0.1) is 0 Å². The Balaban J connectivity index is 1.92. The van der Waals surface area contributed by atoms with E-state index in [1.165, 1.54) is 6.33 Å². The number of alkyl carbamates (subject to hydrolysis) is 1. The lowest BCUT2D eigenvalue weighted by atomic mass is 10.1. The van der Waals surface area contributed by atoms with Crippen LogP contribution in [0, 0.1) is 11.3 Å². The molecule has 0 fully saturated rings. The van der Waals surface area contributed by atoms with Crippen molar-refractivity contribution >= 4 is 12.0 Å². The first-order valence-electron chi connectivity index (χ1n) is 7.28. The van der Waals surface area contributed by atoms with Crippen molar-refractivity contribution in [3.05, 3.63) is 54.1 Å². The molecule has 3 N–H and O–H groups in total. The molecule has 0 aliphatic heterocycles. The summed E-state index contributed by atoms with van der Waals surface area (Å²) in [4.78, 5) is 30.7. The summed E-state index contributed by atoms with van der Waals surface area (Å²) in [5, 5.41) is 13.5. The Bertz CT molecular complexity index is 694. The van der Waals surface area contributed by atoms with Gasteiger partial charge in [-0.2, -0.15) is 5.26 Å². The summed E-state index contributed by atoms with van der Waals surface area (Å²) in [6.45, 7) is -0.0394. The molecule has 1 aromatic heterocycles. The molecule has 2 rings (SSSR count). The van der Waals surface area contributed by atoms with Crippen molar-refractivity contribution in [3.8, 4) is 6.07 Å². The Morgan fingerprint density at radius 2 is 2.12 bits per heavy atom. The first-order valence-corrected chi connectivity index (χ1v) is 7.28. The second kappa shape index (κ2) is 8.95. The average molecular weight is 327 g/mol. The van der Waals surface area contributed by atoms with E-state index in [0.29, 0.717) is 5.69 Å². The first kappa shape index (κ1) is 17.0. The lowest BCUT2D eigenvalue weighted by Gasteiger charge is -2.17. The van der Waals surface area contributed by atoms with Crippen molar-refractivity contribution in [3.63, 3.8) is 0 Å². The molecule has 2 aromatic rings. The van der Waals surface area contributed by atoms with Gasteiger partial charge in [0.15, 0.2) is 0 Å². The number of rotatable bonds is 7. The second-order valence-electron chi connectivity index (χ2n) is 4.92. The van der Waals surface area contributed by atoms with Crippen molar-refractivity contribution in [2.75, 3.05) is 6.54 Å². The van der Waals surface area contributed by atoms with E-state index in [2.05, 4.69) is 20.6 Å². The highest BCUT2D eigenvalue weighted by Gasteiger charge is 2.22. The van der Waals surface area contributed by atoms with Gasteiger partial charge in [-0.1, -0.05) is 30.3 Å². The van der Waals surface area contributed by atoms with Gasteiger partial charge >= 0.3 is 6.09 Å². The number of ether oxygens (including phenoxy) is 1. The maximum atomic E-state index is 12.1. The first-order chi connectivity index (χ1) is 11.7. The SMILES string of the molecule is N#CCNC(=O)[C@H](Cc1cnc[nH]1)NC(=O)OCc1ccccc1. The number of imidazole rings is 1. The number of aromatic amines is 1. The molecular formula is C16H17N5O3. The third kappa shape index (κ3) is 5.46. The minimum atomic E-state index is -0.873. The number of benzene rings is 1. The van der Waals surface area contributed by atoms with Crippen molar-refractivity contribution in [1.82, 2.24) is 20.6 Å². The minimum absolute atomic E-state index is 0.100. The summed E-state index contributed by atoms with van der Waals surface area (Å²) < 4.78 is 5.11. The molecule has 0 radical (unpaired) electrons. The Morgan fingerprint density at radius 3 is 2.79 bits per heavy atom. The summed E-state index contributed by atoms with van der Waals surface area (Å²) in [7, 11) is 0. The highest BCUT2D eigenvalue weighted by atomic mass is 16.5. The van der Waals surface area contributed by atoms with Crippen molar-refractivity contribution in [2.45, 2.75) is 19.1 Å². The molecule has 1 heterocycles. The number of nitriles is 1. The number of hydrogen-bond acceptors (Lipinski definition) is 5. The van der Waals surface area contributed by atoms with E-state index in [1.54, 1.807) is 6.20 Å². The number of carbonyl (C=O) groups excluding carboxylic acids is 2. The topological polar surface area (TPSA) is 120 Å². The van der Waals surface area contributed by atoms with E-state index in [1.807, 2.05) is 36.4 Å². The molecule has 0 aliphatic carbocycles. The summed E-state index contributed by atoms with van der Waals surface area (Å²) in [6, 6.07) is 10.1. The molecule has 0 bridgehead atoms. The van der Waals surface area contributed by atoms with Gasteiger partial charge in [-0.3, -0.25) is 4.79 Å². The number of amides is 2. The van der Waals surface area contributed by atoms with Crippen LogP contribution in [-0.4, -0.2) is 34.6 Å². The third-order valence-electron chi connectivity index (χ3n) is 3.14. The highest BCUT2D eigenvalue weighted by Crippen LogP contribution is 2.03. The lowest BCUT2D eigenvalue weighted by molar-refractivity contribution is -0.122. The van der Waals surface area contributed by atoms with Crippen LogP contribution in [0.3, 0.4) is 0 Å². The summed E-state index contributed by atoms with van der Waals surface area (Å²) in [5.41, 5.74) is 1.52. The predicted octanol–water partition coefficient (Wildman–Crippen LogP) is 0.887. The van der Waals surface area contributed by atoms with Gasteiger partial charge in [0.25, 0.3) is 0 Å². The van der Waals surface area contributed by atoms with Crippen LogP contribution in [0.5, 0.6) is 0 Å². The molecule has 1 atom stereocenters. The molecule has 0 aliphatic rings. The molecule has 1 aromatic carbocycles. The maximum Gasteiger partial charge on any atom is 0.408 e. The second-order valence-corrected chi connectivity index (χ2v) is 4.92. The van der Waals surface area contributed by atoms with Crippen LogP contribution in [0.25, 0.3) is 0 Å². The summed E-state index contributed by atoms with van der Waals surface area (Å²) in [5.74, 6) is -0.470. The van der Waals surface area contributed by atoms with E-state index in [4.69, 9.17) is 10.00 Å². The zero-order chi connectivity index (χ0) is 17.2. The highest BCUT2D eigenvalue weighted by molar-refractivity contribution is 5.86. The van der Waals surface area contributed by atoms with E-state index < -0.39 is 18.0 Å². The fourth-order valence-corrected chi connectivity index (χ4v) is 1.98. The van der Waals surface area contributed by atoms with E-state index >= 15 is 0 Å². The molecule has 2 amide bonds. The normalized spacial score (nSPS) is 11.1.